The van der Waals surface area contributed by atoms with Crippen LogP contribution in [-0.2, 0) is 4.74 Å². The molecule has 2 fully saturated rings. The van der Waals surface area contributed by atoms with Gasteiger partial charge in [0.25, 0.3) is 0 Å². The molecular formula is C11H21N3O4S. The number of hydrogen-bond donors (Lipinski definition) is 5. The molecule has 8 heteroatoms. The third kappa shape index (κ3) is 3.39. The van der Waals surface area contributed by atoms with Crippen LogP contribution in [0.3, 0.4) is 0 Å². The Morgan fingerprint density at radius 2 is 2.21 bits per heavy atom. The lowest BCUT2D eigenvalue weighted by atomic mass is 9.98. The Labute approximate surface area is 116 Å². The predicted octanol–water partition coefficient (Wildman–Crippen LogP) is -1.90. The van der Waals surface area contributed by atoms with E-state index in [1.54, 1.807) is 7.05 Å². The van der Waals surface area contributed by atoms with Gasteiger partial charge in [0.2, 0.25) is 0 Å². The molecule has 0 aromatic carbocycles. The molecule has 110 valence electrons. The first-order valence-electron chi connectivity index (χ1n) is 6.40. The number of aliphatic hydroxyl groups is 3. The first-order chi connectivity index (χ1) is 9.17. The molecule has 2 aliphatic heterocycles. The van der Waals surface area contributed by atoms with Crippen LogP contribution in [0.5, 0.6) is 0 Å². The van der Waals surface area contributed by atoms with Crippen LogP contribution in [0.1, 0.15) is 6.42 Å². The van der Waals surface area contributed by atoms with E-state index in [2.05, 4.69) is 15.6 Å². The van der Waals surface area contributed by atoms with Crippen molar-refractivity contribution in [1.29, 1.82) is 0 Å². The van der Waals surface area contributed by atoms with Crippen molar-refractivity contribution < 1.29 is 20.1 Å². The summed E-state index contributed by atoms with van der Waals surface area (Å²) in [6.07, 6.45) is -1.62. The van der Waals surface area contributed by atoms with E-state index >= 15 is 0 Å². The Hall–Kier alpha value is -0.380. The first-order valence-corrected chi connectivity index (χ1v) is 7.28. The number of amidine groups is 1. The molecule has 0 aliphatic carbocycles. The van der Waals surface area contributed by atoms with Crippen molar-refractivity contribution in [1.82, 2.24) is 10.6 Å². The fourth-order valence-corrected chi connectivity index (χ4v) is 3.31. The van der Waals surface area contributed by atoms with E-state index in [0.717, 1.165) is 5.17 Å². The minimum Gasteiger partial charge on any atom is -0.396 e. The lowest BCUT2D eigenvalue weighted by molar-refractivity contribution is -0.153. The summed E-state index contributed by atoms with van der Waals surface area (Å²) in [7, 11) is 1.67. The Morgan fingerprint density at radius 3 is 2.89 bits per heavy atom. The number of nitrogens with one attached hydrogen (secondary N) is 2. The van der Waals surface area contributed by atoms with Crippen LogP contribution in [0.2, 0.25) is 0 Å². The molecule has 2 unspecified atom stereocenters. The molecule has 7 nitrogen and oxygen atoms in total. The van der Waals surface area contributed by atoms with Gasteiger partial charge in [-0.15, -0.1) is 0 Å². The topological polar surface area (TPSA) is 106 Å². The normalized spacial score (nSPS) is 40.2. The van der Waals surface area contributed by atoms with Crippen molar-refractivity contribution in [2.24, 2.45) is 4.99 Å². The average molecular weight is 291 g/mol. The number of nitrogens with zero attached hydrogens (tertiary/aromatic N) is 1. The summed E-state index contributed by atoms with van der Waals surface area (Å²) >= 11 is 1.43. The second-order valence-electron chi connectivity index (χ2n) is 4.62. The molecular weight excluding hydrogens is 270 g/mol. The van der Waals surface area contributed by atoms with Gasteiger partial charge in [0.1, 0.15) is 23.7 Å². The molecule has 2 heterocycles. The van der Waals surface area contributed by atoms with Crippen LogP contribution in [0.4, 0.5) is 0 Å². The maximum atomic E-state index is 10.1. The van der Waals surface area contributed by atoms with E-state index in [9.17, 15) is 10.2 Å². The Bertz CT molecular complexity index is 331. The first kappa shape index (κ1) is 15.0. The Kier molecular flexibility index (Phi) is 5.43. The van der Waals surface area contributed by atoms with Crippen LogP contribution < -0.4 is 10.6 Å². The third-order valence-corrected chi connectivity index (χ3v) is 4.44. The minimum absolute atomic E-state index is 0.129. The van der Waals surface area contributed by atoms with Gasteiger partial charge in [-0.25, -0.2) is 0 Å². The monoisotopic (exact) mass is 291 g/mol. The molecule has 19 heavy (non-hydrogen) atoms. The SMILES string of the molecule is CN=C1N[C@@H]2C(O)[C@H](O)C(CNCCCO)O[C@@H]2S1. The van der Waals surface area contributed by atoms with Crippen LogP contribution in [0.15, 0.2) is 4.99 Å². The van der Waals surface area contributed by atoms with E-state index in [0.29, 0.717) is 19.5 Å². The molecule has 0 radical (unpaired) electrons. The summed E-state index contributed by atoms with van der Waals surface area (Å²) in [5.74, 6) is 0. The summed E-state index contributed by atoms with van der Waals surface area (Å²) in [4.78, 5) is 4.04. The van der Waals surface area contributed by atoms with Gasteiger partial charge in [-0.1, -0.05) is 11.8 Å². The number of hydrogen-bond acceptors (Lipinski definition) is 7. The summed E-state index contributed by atoms with van der Waals surface area (Å²) in [6, 6.07) is -0.326. The fourth-order valence-electron chi connectivity index (χ4n) is 2.21. The molecule has 0 aromatic heterocycles. The smallest absolute Gasteiger partial charge is 0.159 e. The van der Waals surface area contributed by atoms with Gasteiger partial charge in [0, 0.05) is 20.2 Å². The molecule has 0 aromatic rings. The predicted molar refractivity (Wildman–Crippen MR) is 73.1 cm³/mol. The van der Waals surface area contributed by atoms with E-state index in [4.69, 9.17) is 9.84 Å². The summed E-state index contributed by atoms with van der Waals surface area (Å²) in [6.45, 7) is 1.23. The molecule has 5 N–H and O–H groups in total. The molecule has 2 aliphatic rings. The summed E-state index contributed by atoms with van der Waals surface area (Å²) in [5, 5.41) is 35.7. The molecule has 2 rings (SSSR count). The maximum Gasteiger partial charge on any atom is 0.159 e. The zero-order valence-electron chi connectivity index (χ0n) is 10.8. The van der Waals surface area contributed by atoms with Crippen LogP contribution in [-0.4, -0.2) is 77.0 Å². The van der Waals surface area contributed by atoms with Crippen molar-refractivity contribution in [2.75, 3.05) is 26.7 Å². The fraction of sp³-hybridized carbons (Fsp3) is 0.909. The molecule has 5 atom stereocenters. The van der Waals surface area contributed by atoms with Crippen LogP contribution in [0, 0.1) is 0 Å². The minimum atomic E-state index is -0.938. The largest absolute Gasteiger partial charge is 0.396 e. The highest BCUT2D eigenvalue weighted by molar-refractivity contribution is 8.14. The molecule has 2 saturated heterocycles. The van der Waals surface area contributed by atoms with E-state index in [-0.39, 0.29) is 18.1 Å². The summed E-state index contributed by atoms with van der Waals surface area (Å²) in [5.41, 5.74) is -0.234. The standard InChI is InChI=1S/C11H21N3O4S/c1-12-11-14-7-9(17)8(16)6(18-10(7)19-11)5-13-3-2-4-15/h6-10,13,15-17H,2-5H2,1H3,(H,12,14)/t6?,7-,8-,9?,10-/m1/s1. The Morgan fingerprint density at radius 1 is 1.42 bits per heavy atom. The van der Waals surface area contributed by atoms with Gasteiger partial charge in [-0.2, -0.15) is 0 Å². The van der Waals surface area contributed by atoms with E-state index in [1.807, 2.05) is 0 Å². The van der Waals surface area contributed by atoms with Gasteiger partial charge < -0.3 is 30.7 Å². The van der Waals surface area contributed by atoms with Crippen molar-refractivity contribution >= 4 is 16.9 Å². The molecule has 0 amide bonds. The zero-order valence-corrected chi connectivity index (χ0v) is 11.6. The van der Waals surface area contributed by atoms with Crippen molar-refractivity contribution in [2.45, 2.75) is 36.2 Å². The lowest BCUT2D eigenvalue weighted by Crippen LogP contribution is -2.60. The highest BCUT2D eigenvalue weighted by Crippen LogP contribution is 2.33. The highest BCUT2D eigenvalue weighted by Gasteiger charge is 2.48. The van der Waals surface area contributed by atoms with Gasteiger partial charge in [0.15, 0.2) is 5.17 Å². The van der Waals surface area contributed by atoms with Gasteiger partial charge in [-0.3, -0.25) is 4.99 Å². The second kappa shape index (κ2) is 6.87. The quantitative estimate of drug-likeness (QED) is 0.377. The average Bonchev–Trinajstić information content (AvgIpc) is 2.83. The summed E-state index contributed by atoms with van der Waals surface area (Å²) < 4.78 is 5.79. The number of rotatable bonds is 5. The van der Waals surface area contributed by atoms with Crippen LogP contribution >= 0.6 is 11.8 Å². The number of aliphatic imine (C=N–C) groups is 1. The zero-order chi connectivity index (χ0) is 13.8. The van der Waals surface area contributed by atoms with E-state index in [1.165, 1.54) is 11.8 Å². The number of fused-ring (bicyclic) bond motifs is 1. The molecule has 0 saturated carbocycles. The molecule has 0 bridgehead atoms. The van der Waals surface area contributed by atoms with Crippen molar-refractivity contribution in [3.8, 4) is 0 Å². The Balaban J connectivity index is 1.89. The van der Waals surface area contributed by atoms with E-state index < -0.39 is 18.3 Å². The van der Waals surface area contributed by atoms with Crippen molar-refractivity contribution in [3.63, 3.8) is 0 Å². The third-order valence-electron chi connectivity index (χ3n) is 3.28. The number of thioether (sulfide) groups is 1. The van der Waals surface area contributed by atoms with Gasteiger partial charge >= 0.3 is 0 Å². The van der Waals surface area contributed by atoms with Crippen molar-refractivity contribution in [3.05, 3.63) is 0 Å². The highest BCUT2D eigenvalue weighted by atomic mass is 32.2. The van der Waals surface area contributed by atoms with Crippen LogP contribution in [0.25, 0.3) is 0 Å². The maximum absolute atomic E-state index is 10.1. The number of aliphatic hydroxyl groups excluding tert-OH is 3. The molecule has 0 spiro atoms. The second-order valence-corrected chi connectivity index (χ2v) is 5.71. The lowest BCUT2D eigenvalue weighted by Gasteiger charge is -2.39. The van der Waals surface area contributed by atoms with Gasteiger partial charge in [-0.05, 0) is 13.0 Å². The van der Waals surface area contributed by atoms with Gasteiger partial charge in [0.05, 0.1) is 6.04 Å². The number of ether oxygens (including phenoxy) is 1.